The summed E-state index contributed by atoms with van der Waals surface area (Å²) < 4.78 is 5.16. The lowest BCUT2D eigenvalue weighted by Crippen LogP contribution is -2.33. The Morgan fingerprint density at radius 1 is 1.32 bits per heavy atom. The van der Waals surface area contributed by atoms with Gasteiger partial charge in [-0.25, -0.2) is 0 Å². The molecule has 22 heavy (non-hydrogen) atoms. The number of hydrogen-bond acceptors (Lipinski definition) is 3. The van der Waals surface area contributed by atoms with Gasteiger partial charge < -0.3 is 20.1 Å². The van der Waals surface area contributed by atoms with Crippen LogP contribution in [0.3, 0.4) is 0 Å². The van der Waals surface area contributed by atoms with Crippen LogP contribution in [-0.2, 0) is 4.79 Å². The Labute approximate surface area is 127 Å². The first-order chi connectivity index (χ1) is 10.6. The molecular weight excluding hydrogens is 284 g/mol. The number of carbonyl (C=O) groups is 2. The summed E-state index contributed by atoms with van der Waals surface area (Å²) in [6, 6.07) is 7.25. The lowest BCUT2D eigenvalue weighted by molar-refractivity contribution is -0.141. The maximum Gasteiger partial charge on any atom is 0.306 e. The summed E-state index contributed by atoms with van der Waals surface area (Å²) in [6.45, 7) is 0. The van der Waals surface area contributed by atoms with Gasteiger partial charge in [-0.1, -0.05) is 0 Å². The van der Waals surface area contributed by atoms with E-state index in [4.69, 9.17) is 9.84 Å². The molecule has 1 aromatic heterocycles. The lowest BCUT2D eigenvalue weighted by Gasteiger charge is -2.11. The zero-order chi connectivity index (χ0) is 15.7. The third-order valence-electron chi connectivity index (χ3n) is 4.19. The number of aromatic amines is 1. The van der Waals surface area contributed by atoms with Crippen LogP contribution in [0.25, 0.3) is 10.9 Å². The minimum Gasteiger partial charge on any atom is -0.497 e. The molecule has 1 saturated carbocycles. The molecule has 1 fully saturated rings. The van der Waals surface area contributed by atoms with Gasteiger partial charge >= 0.3 is 5.97 Å². The smallest absolute Gasteiger partial charge is 0.306 e. The molecule has 0 radical (unpaired) electrons. The topological polar surface area (TPSA) is 91.4 Å². The molecule has 2 atom stereocenters. The van der Waals surface area contributed by atoms with Crippen LogP contribution >= 0.6 is 0 Å². The minimum absolute atomic E-state index is 0.0745. The van der Waals surface area contributed by atoms with Crippen LogP contribution < -0.4 is 10.1 Å². The Hall–Kier alpha value is -2.50. The number of fused-ring (bicyclic) bond motifs is 1. The highest BCUT2D eigenvalue weighted by molar-refractivity contribution is 5.98. The number of carboxylic acid groups (broad SMARTS) is 1. The van der Waals surface area contributed by atoms with Crippen LogP contribution in [0.2, 0.25) is 0 Å². The number of carbonyl (C=O) groups excluding carboxylic acids is 1. The van der Waals surface area contributed by atoms with Gasteiger partial charge in [-0.05, 0) is 43.5 Å². The molecule has 0 bridgehead atoms. The van der Waals surface area contributed by atoms with E-state index in [0.717, 1.165) is 16.7 Å². The van der Waals surface area contributed by atoms with Crippen molar-refractivity contribution in [1.82, 2.24) is 10.3 Å². The first-order valence-electron chi connectivity index (χ1n) is 7.27. The van der Waals surface area contributed by atoms with Crippen molar-refractivity contribution >= 4 is 22.8 Å². The molecule has 1 aliphatic carbocycles. The van der Waals surface area contributed by atoms with E-state index < -0.39 is 5.97 Å². The van der Waals surface area contributed by atoms with Crippen LogP contribution in [0.1, 0.15) is 29.8 Å². The predicted molar refractivity (Wildman–Crippen MR) is 81.1 cm³/mol. The molecule has 0 spiro atoms. The van der Waals surface area contributed by atoms with Crippen LogP contribution in [0.5, 0.6) is 5.75 Å². The molecule has 6 nitrogen and oxygen atoms in total. The van der Waals surface area contributed by atoms with Crippen molar-refractivity contribution in [2.24, 2.45) is 5.92 Å². The van der Waals surface area contributed by atoms with Crippen molar-refractivity contribution in [3.63, 3.8) is 0 Å². The van der Waals surface area contributed by atoms with Crippen molar-refractivity contribution in [3.8, 4) is 5.75 Å². The zero-order valence-corrected chi connectivity index (χ0v) is 12.3. The summed E-state index contributed by atoms with van der Waals surface area (Å²) >= 11 is 0. The quantitative estimate of drug-likeness (QED) is 0.807. The van der Waals surface area contributed by atoms with E-state index in [1.165, 1.54) is 0 Å². The second kappa shape index (κ2) is 5.71. The summed E-state index contributed by atoms with van der Waals surface area (Å²) in [6.07, 6.45) is 1.82. The highest BCUT2D eigenvalue weighted by Crippen LogP contribution is 2.26. The Balaban J connectivity index is 1.71. The number of aliphatic carboxylic acids is 1. The second-order valence-corrected chi connectivity index (χ2v) is 5.65. The summed E-state index contributed by atoms with van der Waals surface area (Å²) in [5.41, 5.74) is 1.34. The summed E-state index contributed by atoms with van der Waals surface area (Å²) in [5.74, 6) is -0.600. The van der Waals surface area contributed by atoms with E-state index >= 15 is 0 Å². The fraction of sp³-hybridized carbons (Fsp3) is 0.375. The molecule has 0 unspecified atom stereocenters. The number of ether oxygens (including phenoxy) is 1. The second-order valence-electron chi connectivity index (χ2n) is 5.65. The fourth-order valence-corrected chi connectivity index (χ4v) is 2.96. The third kappa shape index (κ3) is 2.77. The molecule has 3 rings (SSSR count). The molecular formula is C16H18N2O4. The van der Waals surface area contributed by atoms with Gasteiger partial charge in [0.25, 0.3) is 5.91 Å². The fourth-order valence-electron chi connectivity index (χ4n) is 2.96. The van der Waals surface area contributed by atoms with Crippen molar-refractivity contribution in [1.29, 1.82) is 0 Å². The molecule has 2 aromatic rings. The van der Waals surface area contributed by atoms with E-state index in [0.29, 0.717) is 25.0 Å². The van der Waals surface area contributed by atoms with Crippen LogP contribution in [0.4, 0.5) is 0 Å². The van der Waals surface area contributed by atoms with E-state index in [1.54, 1.807) is 13.2 Å². The van der Waals surface area contributed by atoms with Crippen molar-refractivity contribution in [2.45, 2.75) is 25.3 Å². The van der Waals surface area contributed by atoms with Gasteiger partial charge in [0.15, 0.2) is 0 Å². The molecule has 6 heteroatoms. The lowest BCUT2D eigenvalue weighted by atomic mass is 10.1. The van der Waals surface area contributed by atoms with E-state index in [-0.39, 0.29) is 17.9 Å². The Bertz CT molecular complexity index is 722. The van der Waals surface area contributed by atoms with Gasteiger partial charge in [-0.15, -0.1) is 0 Å². The van der Waals surface area contributed by atoms with Gasteiger partial charge in [-0.3, -0.25) is 9.59 Å². The van der Waals surface area contributed by atoms with E-state index in [9.17, 15) is 9.59 Å². The SMILES string of the molecule is COc1ccc2[nH]c(C(=O)N[C@@H]3CC[C@H](C(=O)O)C3)cc2c1. The number of hydrogen-bond donors (Lipinski definition) is 3. The number of benzene rings is 1. The van der Waals surface area contributed by atoms with Crippen LogP contribution in [-0.4, -0.2) is 35.1 Å². The number of H-pyrrole nitrogens is 1. The Morgan fingerprint density at radius 3 is 2.82 bits per heavy atom. The standard InChI is InChI=1S/C16H18N2O4/c1-22-12-4-5-13-10(7-12)8-14(18-13)15(19)17-11-3-2-9(6-11)16(20)21/h4-5,7-9,11,18H,2-3,6H2,1H3,(H,17,19)(H,20,21)/t9-,11+/m0/s1. The van der Waals surface area contributed by atoms with Crippen LogP contribution in [0, 0.1) is 5.92 Å². The van der Waals surface area contributed by atoms with Crippen molar-refractivity contribution < 1.29 is 19.4 Å². The Kier molecular flexibility index (Phi) is 3.75. The van der Waals surface area contributed by atoms with Crippen molar-refractivity contribution in [2.75, 3.05) is 7.11 Å². The normalized spacial score (nSPS) is 21.0. The first-order valence-corrected chi connectivity index (χ1v) is 7.27. The van der Waals surface area contributed by atoms with Gasteiger partial charge in [0.05, 0.1) is 13.0 Å². The monoisotopic (exact) mass is 302 g/mol. The molecule has 1 heterocycles. The third-order valence-corrected chi connectivity index (χ3v) is 4.19. The highest BCUT2D eigenvalue weighted by atomic mass is 16.5. The maximum atomic E-state index is 12.3. The first kappa shape index (κ1) is 14.4. The van der Waals surface area contributed by atoms with Gasteiger partial charge in [-0.2, -0.15) is 0 Å². The molecule has 3 N–H and O–H groups in total. The predicted octanol–water partition coefficient (Wildman–Crippen LogP) is 2.16. The average molecular weight is 302 g/mol. The number of methoxy groups -OCH3 is 1. The van der Waals surface area contributed by atoms with Crippen LogP contribution in [0.15, 0.2) is 24.3 Å². The van der Waals surface area contributed by atoms with E-state index in [1.807, 2.05) is 18.2 Å². The molecule has 1 aliphatic rings. The summed E-state index contributed by atoms with van der Waals surface area (Å²) in [4.78, 5) is 26.3. The Morgan fingerprint density at radius 2 is 2.14 bits per heavy atom. The number of nitrogens with one attached hydrogen (secondary N) is 2. The average Bonchev–Trinajstić information content (AvgIpc) is 3.12. The van der Waals surface area contributed by atoms with Gasteiger partial charge in [0.1, 0.15) is 11.4 Å². The molecule has 116 valence electrons. The van der Waals surface area contributed by atoms with E-state index in [2.05, 4.69) is 10.3 Å². The molecule has 0 saturated heterocycles. The van der Waals surface area contributed by atoms with Gasteiger partial charge in [0, 0.05) is 16.9 Å². The minimum atomic E-state index is -0.783. The summed E-state index contributed by atoms with van der Waals surface area (Å²) in [7, 11) is 1.60. The van der Waals surface area contributed by atoms with Crippen molar-refractivity contribution in [3.05, 3.63) is 30.0 Å². The largest absolute Gasteiger partial charge is 0.497 e. The highest BCUT2D eigenvalue weighted by Gasteiger charge is 2.30. The zero-order valence-electron chi connectivity index (χ0n) is 12.3. The maximum absolute atomic E-state index is 12.3. The summed E-state index contributed by atoms with van der Waals surface area (Å²) in [5, 5.41) is 12.8. The molecule has 1 aromatic carbocycles. The number of carboxylic acids is 1. The number of amides is 1. The molecule has 1 amide bonds. The number of aromatic nitrogens is 1. The number of rotatable bonds is 4. The molecule has 0 aliphatic heterocycles. The van der Waals surface area contributed by atoms with Gasteiger partial charge in [0.2, 0.25) is 0 Å².